The largest absolute Gasteiger partial charge is 0.453 e. The lowest BCUT2D eigenvalue weighted by atomic mass is 9.94. The Morgan fingerprint density at radius 2 is 1.95 bits per heavy atom. The van der Waals surface area contributed by atoms with Gasteiger partial charge in [0.05, 0.1) is 0 Å². The minimum Gasteiger partial charge on any atom is -0.453 e. The molecule has 1 aliphatic carbocycles. The van der Waals surface area contributed by atoms with Gasteiger partial charge in [-0.2, -0.15) is 0 Å². The zero-order valence-corrected chi connectivity index (χ0v) is 10.6. The van der Waals surface area contributed by atoms with Crippen molar-refractivity contribution in [3.63, 3.8) is 0 Å². The summed E-state index contributed by atoms with van der Waals surface area (Å²) in [5.74, 6) is -0.148. The van der Waals surface area contributed by atoms with Crippen LogP contribution >= 0.6 is 0 Å². The van der Waals surface area contributed by atoms with E-state index in [4.69, 9.17) is 4.42 Å². The van der Waals surface area contributed by atoms with Gasteiger partial charge in [-0.25, -0.2) is 4.39 Å². The highest BCUT2D eigenvalue weighted by molar-refractivity contribution is 6.05. The van der Waals surface area contributed by atoms with Crippen LogP contribution in [0.15, 0.2) is 40.3 Å². The molecule has 19 heavy (non-hydrogen) atoms. The maximum atomic E-state index is 13.1. The fraction of sp³-hybridized carbons (Fsp3) is 0.312. The first-order chi connectivity index (χ1) is 9.22. The van der Waals surface area contributed by atoms with Crippen LogP contribution in [-0.2, 0) is 0 Å². The van der Waals surface area contributed by atoms with Crippen LogP contribution in [-0.4, -0.2) is 5.78 Å². The number of allylic oxidation sites excluding steroid dienone is 2. The fourth-order valence-electron chi connectivity index (χ4n) is 2.54. The summed E-state index contributed by atoms with van der Waals surface area (Å²) >= 11 is 0. The molecule has 1 aromatic carbocycles. The van der Waals surface area contributed by atoms with Crippen molar-refractivity contribution >= 4 is 16.8 Å². The molecule has 0 unspecified atom stereocenters. The summed E-state index contributed by atoms with van der Waals surface area (Å²) in [6.07, 6.45) is 7.25. The summed E-state index contributed by atoms with van der Waals surface area (Å²) in [6.45, 7) is 0. The molecule has 1 heterocycles. The second-order valence-corrected chi connectivity index (χ2v) is 5.02. The Kier molecular flexibility index (Phi) is 3.20. The van der Waals surface area contributed by atoms with Gasteiger partial charge < -0.3 is 4.42 Å². The van der Waals surface area contributed by atoms with Crippen LogP contribution < -0.4 is 0 Å². The van der Waals surface area contributed by atoms with Gasteiger partial charge in [0.2, 0.25) is 5.78 Å². The molecule has 1 fully saturated rings. The molecule has 1 aliphatic rings. The van der Waals surface area contributed by atoms with Crippen molar-refractivity contribution in [1.29, 1.82) is 0 Å². The van der Waals surface area contributed by atoms with Gasteiger partial charge in [-0.05, 0) is 56.0 Å². The number of carbonyl (C=O) groups is 1. The first kappa shape index (κ1) is 12.2. The summed E-state index contributed by atoms with van der Waals surface area (Å²) in [5, 5.41) is 0.630. The van der Waals surface area contributed by atoms with Gasteiger partial charge in [0, 0.05) is 5.39 Å². The molecule has 98 valence electrons. The molecule has 0 amide bonds. The third-order valence-corrected chi connectivity index (χ3v) is 3.55. The summed E-state index contributed by atoms with van der Waals surface area (Å²) in [5.41, 5.74) is 1.75. The number of halogens is 1. The van der Waals surface area contributed by atoms with Crippen LogP contribution in [0.25, 0.3) is 11.0 Å². The molecule has 2 aromatic rings. The maximum Gasteiger partial charge on any atom is 0.220 e. The lowest BCUT2D eigenvalue weighted by Gasteiger charge is -2.12. The number of benzene rings is 1. The Bertz CT molecular complexity index is 644. The van der Waals surface area contributed by atoms with E-state index in [0.29, 0.717) is 16.7 Å². The average molecular weight is 258 g/mol. The summed E-state index contributed by atoms with van der Waals surface area (Å²) in [7, 11) is 0. The van der Waals surface area contributed by atoms with E-state index in [1.165, 1.54) is 24.1 Å². The number of ketones is 1. The molecule has 3 heteroatoms. The lowest BCUT2D eigenvalue weighted by Crippen LogP contribution is -1.99. The summed E-state index contributed by atoms with van der Waals surface area (Å²) in [4.78, 5) is 12.1. The van der Waals surface area contributed by atoms with Crippen LogP contribution in [0, 0.1) is 5.82 Å². The molecule has 0 radical (unpaired) electrons. The average Bonchev–Trinajstić information content (AvgIpc) is 2.83. The third kappa shape index (κ3) is 2.60. The molecule has 0 atom stereocenters. The van der Waals surface area contributed by atoms with Crippen molar-refractivity contribution in [2.75, 3.05) is 0 Å². The topological polar surface area (TPSA) is 30.2 Å². The van der Waals surface area contributed by atoms with E-state index in [2.05, 4.69) is 0 Å². The van der Waals surface area contributed by atoms with Gasteiger partial charge in [0.15, 0.2) is 5.76 Å². The number of furan rings is 1. The van der Waals surface area contributed by atoms with E-state index in [9.17, 15) is 9.18 Å². The van der Waals surface area contributed by atoms with Crippen molar-refractivity contribution in [3.8, 4) is 0 Å². The van der Waals surface area contributed by atoms with Crippen molar-refractivity contribution < 1.29 is 13.6 Å². The monoisotopic (exact) mass is 258 g/mol. The first-order valence-corrected chi connectivity index (χ1v) is 6.65. The highest BCUT2D eigenvalue weighted by Crippen LogP contribution is 2.25. The van der Waals surface area contributed by atoms with E-state index in [0.717, 1.165) is 25.7 Å². The molecule has 0 bridgehead atoms. The minimum absolute atomic E-state index is 0.117. The Labute approximate surface area is 110 Å². The standard InChI is InChI=1S/C16H15FO2/c17-13-6-7-15-12(9-13)10-16(19-15)14(18)8-11-4-2-1-3-5-11/h6-10H,1-5H2. The molecule has 2 nitrogen and oxygen atoms in total. The number of fused-ring (bicyclic) bond motifs is 1. The number of carbonyl (C=O) groups excluding carboxylic acids is 1. The van der Waals surface area contributed by atoms with Crippen molar-refractivity contribution in [2.45, 2.75) is 32.1 Å². The molecule has 1 saturated carbocycles. The van der Waals surface area contributed by atoms with Gasteiger partial charge in [-0.1, -0.05) is 12.0 Å². The smallest absolute Gasteiger partial charge is 0.220 e. The fourth-order valence-corrected chi connectivity index (χ4v) is 2.54. The Balaban J connectivity index is 1.88. The lowest BCUT2D eigenvalue weighted by molar-refractivity contribution is 0.102. The Morgan fingerprint density at radius 1 is 1.16 bits per heavy atom. The van der Waals surface area contributed by atoms with Crippen LogP contribution in [0.1, 0.15) is 42.7 Å². The molecule has 3 rings (SSSR count). The van der Waals surface area contributed by atoms with E-state index in [-0.39, 0.29) is 11.6 Å². The second kappa shape index (κ2) is 5.00. The van der Waals surface area contributed by atoms with E-state index in [1.807, 2.05) is 0 Å². The normalized spacial score (nSPS) is 15.7. The van der Waals surface area contributed by atoms with Gasteiger partial charge in [-0.3, -0.25) is 4.79 Å². The van der Waals surface area contributed by atoms with Crippen LogP contribution in [0.2, 0.25) is 0 Å². The number of hydrogen-bond donors (Lipinski definition) is 0. The van der Waals surface area contributed by atoms with Gasteiger partial charge >= 0.3 is 0 Å². The zero-order valence-electron chi connectivity index (χ0n) is 10.6. The minimum atomic E-state index is -0.321. The van der Waals surface area contributed by atoms with Crippen molar-refractivity contribution in [2.24, 2.45) is 0 Å². The highest BCUT2D eigenvalue weighted by Gasteiger charge is 2.13. The Morgan fingerprint density at radius 3 is 2.74 bits per heavy atom. The molecular formula is C16H15FO2. The third-order valence-electron chi connectivity index (χ3n) is 3.55. The van der Waals surface area contributed by atoms with Gasteiger partial charge in [0.25, 0.3) is 0 Å². The first-order valence-electron chi connectivity index (χ1n) is 6.65. The van der Waals surface area contributed by atoms with Crippen LogP contribution in [0.4, 0.5) is 4.39 Å². The van der Waals surface area contributed by atoms with Crippen molar-refractivity contribution in [3.05, 3.63) is 47.5 Å². The maximum absolute atomic E-state index is 13.1. The van der Waals surface area contributed by atoms with E-state index < -0.39 is 0 Å². The molecular weight excluding hydrogens is 243 g/mol. The second-order valence-electron chi connectivity index (χ2n) is 5.02. The van der Waals surface area contributed by atoms with Crippen molar-refractivity contribution in [1.82, 2.24) is 0 Å². The zero-order chi connectivity index (χ0) is 13.2. The Hall–Kier alpha value is -1.90. The number of hydrogen-bond acceptors (Lipinski definition) is 2. The van der Waals surface area contributed by atoms with Crippen LogP contribution in [0.5, 0.6) is 0 Å². The van der Waals surface area contributed by atoms with Gasteiger partial charge in [0.1, 0.15) is 11.4 Å². The van der Waals surface area contributed by atoms with E-state index >= 15 is 0 Å². The molecule has 0 N–H and O–H groups in total. The molecule has 0 saturated heterocycles. The van der Waals surface area contributed by atoms with E-state index in [1.54, 1.807) is 18.2 Å². The molecule has 0 spiro atoms. The van der Waals surface area contributed by atoms with Crippen LogP contribution in [0.3, 0.4) is 0 Å². The number of rotatable bonds is 2. The predicted octanol–water partition coefficient (Wildman–Crippen LogP) is 4.65. The molecule has 1 aromatic heterocycles. The summed E-state index contributed by atoms with van der Waals surface area (Å²) in [6, 6.07) is 5.87. The summed E-state index contributed by atoms with van der Waals surface area (Å²) < 4.78 is 18.5. The quantitative estimate of drug-likeness (QED) is 0.580. The molecule has 0 aliphatic heterocycles. The predicted molar refractivity (Wildman–Crippen MR) is 71.7 cm³/mol. The highest BCUT2D eigenvalue weighted by atomic mass is 19.1. The SMILES string of the molecule is O=C(C=C1CCCCC1)c1cc2cc(F)ccc2o1. The van der Waals surface area contributed by atoms with Gasteiger partial charge in [-0.15, -0.1) is 0 Å².